The van der Waals surface area contributed by atoms with E-state index in [2.05, 4.69) is 17.6 Å². The van der Waals surface area contributed by atoms with Crippen LogP contribution in [0.4, 0.5) is 11.4 Å². The number of carbonyl (C=O) groups excluding carboxylic acids is 2. The number of aryl methyl sites for hydroxylation is 1. The van der Waals surface area contributed by atoms with Crippen LogP contribution in [0.5, 0.6) is 0 Å². The van der Waals surface area contributed by atoms with Crippen molar-refractivity contribution in [2.24, 2.45) is 0 Å². The monoisotopic (exact) mass is 314 g/mol. The fourth-order valence-corrected chi connectivity index (χ4v) is 2.18. The average molecular weight is 314 g/mol. The summed E-state index contributed by atoms with van der Waals surface area (Å²) < 4.78 is 5.06. The standard InChI is InChI=1S/C18H22N2O3/c1-3-4-5-8-17(21)20-15-12-14(10-9-13(15)2)19-18(22)16-7-6-11-23-16/h6-7,9-12H,3-5,8H2,1-2H3,(H,19,22)(H,20,21). The lowest BCUT2D eigenvalue weighted by Crippen LogP contribution is -2.14. The maximum atomic E-state index is 12.0. The Kier molecular flexibility index (Phi) is 5.97. The highest BCUT2D eigenvalue weighted by molar-refractivity contribution is 6.02. The SMILES string of the molecule is CCCCCC(=O)Nc1cc(NC(=O)c2ccco2)ccc1C. The van der Waals surface area contributed by atoms with Crippen LogP contribution in [0, 0.1) is 6.92 Å². The van der Waals surface area contributed by atoms with Gasteiger partial charge >= 0.3 is 0 Å². The lowest BCUT2D eigenvalue weighted by Gasteiger charge is -2.11. The number of nitrogens with one attached hydrogen (secondary N) is 2. The minimum Gasteiger partial charge on any atom is -0.459 e. The van der Waals surface area contributed by atoms with Crippen molar-refractivity contribution in [3.05, 3.63) is 47.9 Å². The van der Waals surface area contributed by atoms with E-state index in [1.54, 1.807) is 24.3 Å². The van der Waals surface area contributed by atoms with E-state index in [4.69, 9.17) is 4.42 Å². The molecule has 0 saturated heterocycles. The van der Waals surface area contributed by atoms with Crippen LogP contribution in [0.3, 0.4) is 0 Å². The van der Waals surface area contributed by atoms with Gasteiger partial charge in [-0.15, -0.1) is 0 Å². The van der Waals surface area contributed by atoms with Gasteiger partial charge in [-0.1, -0.05) is 25.8 Å². The molecule has 0 spiro atoms. The largest absolute Gasteiger partial charge is 0.459 e. The molecule has 2 amide bonds. The number of rotatable bonds is 7. The highest BCUT2D eigenvalue weighted by Crippen LogP contribution is 2.21. The van der Waals surface area contributed by atoms with Gasteiger partial charge in [0.25, 0.3) is 5.91 Å². The molecule has 2 N–H and O–H groups in total. The molecule has 0 radical (unpaired) electrons. The fourth-order valence-electron chi connectivity index (χ4n) is 2.18. The maximum Gasteiger partial charge on any atom is 0.291 e. The first-order valence-electron chi connectivity index (χ1n) is 7.85. The number of hydrogen-bond acceptors (Lipinski definition) is 3. The quantitative estimate of drug-likeness (QED) is 0.746. The van der Waals surface area contributed by atoms with Crippen LogP contribution in [0.2, 0.25) is 0 Å². The van der Waals surface area contributed by atoms with E-state index in [0.717, 1.165) is 24.8 Å². The van der Waals surface area contributed by atoms with Crippen LogP contribution in [0.15, 0.2) is 41.0 Å². The van der Waals surface area contributed by atoms with Crippen LogP contribution >= 0.6 is 0 Å². The summed E-state index contributed by atoms with van der Waals surface area (Å²) >= 11 is 0. The van der Waals surface area contributed by atoms with E-state index in [0.29, 0.717) is 17.8 Å². The highest BCUT2D eigenvalue weighted by atomic mass is 16.3. The molecule has 0 unspecified atom stereocenters. The normalized spacial score (nSPS) is 10.3. The summed E-state index contributed by atoms with van der Waals surface area (Å²) in [4.78, 5) is 23.9. The molecule has 1 aromatic carbocycles. The van der Waals surface area contributed by atoms with Crippen LogP contribution < -0.4 is 10.6 Å². The minimum atomic E-state index is -0.320. The van der Waals surface area contributed by atoms with Crippen molar-refractivity contribution < 1.29 is 14.0 Å². The zero-order valence-corrected chi connectivity index (χ0v) is 13.5. The molecule has 0 fully saturated rings. The first-order chi connectivity index (χ1) is 11.1. The molecule has 5 nitrogen and oxygen atoms in total. The lowest BCUT2D eigenvalue weighted by atomic mass is 10.1. The zero-order chi connectivity index (χ0) is 16.7. The molecule has 0 bridgehead atoms. The first kappa shape index (κ1) is 16.8. The van der Waals surface area contributed by atoms with Crippen molar-refractivity contribution in [1.82, 2.24) is 0 Å². The van der Waals surface area contributed by atoms with Crippen molar-refractivity contribution in [2.75, 3.05) is 10.6 Å². The smallest absolute Gasteiger partial charge is 0.291 e. The van der Waals surface area contributed by atoms with Gasteiger partial charge in [-0.3, -0.25) is 9.59 Å². The molecule has 0 aliphatic carbocycles. The van der Waals surface area contributed by atoms with E-state index in [1.807, 2.05) is 13.0 Å². The molecular formula is C18H22N2O3. The van der Waals surface area contributed by atoms with Gasteiger partial charge in [-0.25, -0.2) is 0 Å². The Morgan fingerprint density at radius 2 is 1.96 bits per heavy atom. The number of anilines is 2. The van der Waals surface area contributed by atoms with E-state index in [9.17, 15) is 9.59 Å². The molecule has 2 rings (SSSR count). The third kappa shape index (κ3) is 4.98. The van der Waals surface area contributed by atoms with Crippen LogP contribution in [0.1, 0.15) is 48.7 Å². The van der Waals surface area contributed by atoms with Crippen molar-refractivity contribution in [2.45, 2.75) is 39.5 Å². The number of amides is 2. The maximum absolute atomic E-state index is 12.0. The predicted octanol–water partition coefficient (Wildman–Crippen LogP) is 4.36. The van der Waals surface area contributed by atoms with Crippen LogP contribution in [-0.2, 0) is 4.79 Å². The van der Waals surface area contributed by atoms with E-state index < -0.39 is 0 Å². The number of furan rings is 1. The molecular weight excluding hydrogens is 292 g/mol. The Hall–Kier alpha value is -2.56. The molecule has 0 aliphatic heterocycles. The summed E-state index contributed by atoms with van der Waals surface area (Å²) in [5.74, 6) is -0.0779. The molecule has 0 saturated carbocycles. The summed E-state index contributed by atoms with van der Waals surface area (Å²) in [5.41, 5.74) is 2.27. The Morgan fingerprint density at radius 1 is 1.13 bits per heavy atom. The van der Waals surface area contributed by atoms with Crippen molar-refractivity contribution >= 4 is 23.2 Å². The Morgan fingerprint density at radius 3 is 2.65 bits per heavy atom. The summed E-state index contributed by atoms with van der Waals surface area (Å²) in [7, 11) is 0. The van der Waals surface area contributed by atoms with Gasteiger partial charge in [0.2, 0.25) is 5.91 Å². The average Bonchev–Trinajstić information content (AvgIpc) is 3.05. The van der Waals surface area contributed by atoms with Crippen LogP contribution in [0.25, 0.3) is 0 Å². The highest BCUT2D eigenvalue weighted by Gasteiger charge is 2.10. The number of benzene rings is 1. The van der Waals surface area contributed by atoms with Crippen molar-refractivity contribution in [1.29, 1.82) is 0 Å². The van der Waals surface area contributed by atoms with Gasteiger partial charge in [-0.05, 0) is 43.2 Å². The van der Waals surface area contributed by atoms with Gasteiger partial charge in [0.1, 0.15) is 0 Å². The molecule has 0 atom stereocenters. The fraction of sp³-hybridized carbons (Fsp3) is 0.333. The van der Waals surface area contributed by atoms with Gasteiger partial charge in [0.05, 0.1) is 6.26 Å². The van der Waals surface area contributed by atoms with Gasteiger partial charge in [0, 0.05) is 17.8 Å². The second-order valence-electron chi connectivity index (χ2n) is 5.47. The number of unbranched alkanes of at least 4 members (excludes halogenated alkanes) is 2. The molecule has 122 valence electrons. The van der Waals surface area contributed by atoms with E-state index >= 15 is 0 Å². The van der Waals surface area contributed by atoms with Gasteiger partial charge < -0.3 is 15.1 Å². The molecule has 5 heteroatoms. The Bertz CT molecular complexity index is 663. The predicted molar refractivity (Wildman–Crippen MR) is 90.6 cm³/mol. The molecule has 23 heavy (non-hydrogen) atoms. The van der Waals surface area contributed by atoms with E-state index in [1.165, 1.54) is 6.26 Å². The third-order valence-corrected chi connectivity index (χ3v) is 3.52. The van der Waals surface area contributed by atoms with Gasteiger partial charge in [0.15, 0.2) is 5.76 Å². The van der Waals surface area contributed by atoms with Crippen LogP contribution in [-0.4, -0.2) is 11.8 Å². The molecule has 1 aromatic heterocycles. The van der Waals surface area contributed by atoms with E-state index in [-0.39, 0.29) is 17.6 Å². The lowest BCUT2D eigenvalue weighted by molar-refractivity contribution is -0.116. The molecule has 1 heterocycles. The summed E-state index contributed by atoms with van der Waals surface area (Å²) in [6.07, 6.45) is 4.98. The summed E-state index contributed by atoms with van der Waals surface area (Å²) in [5, 5.41) is 5.66. The number of hydrogen-bond donors (Lipinski definition) is 2. The minimum absolute atomic E-state index is 0.00365. The second kappa shape index (κ2) is 8.17. The Balaban J connectivity index is 2.01. The van der Waals surface area contributed by atoms with Crippen molar-refractivity contribution in [3.8, 4) is 0 Å². The molecule has 2 aromatic rings. The summed E-state index contributed by atoms with van der Waals surface area (Å²) in [6.45, 7) is 4.02. The zero-order valence-electron chi connectivity index (χ0n) is 13.5. The molecule has 0 aliphatic rings. The number of carbonyl (C=O) groups is 2. The third-order valence-electron chi connectivity index (χ3n) is 3.52. The van der Waals surface area contributed by atoms with Crippen molar-refractivity contribution in [3.63, 3.8) is 0 Å². The first-order valence-corrected chi connectivity index (χ1v) is 7.85. The van der Waals surface area contributed by atoms with Gasteiger partial charge in [-0.2, -0.15) is 0 Å². The summed E-state index contributed by atoms with van der Waals surface area (Å²) in [6, 6.07) is 8.67. The second-order valence-corrected chi connectivity index (χ2v) is 5.47. The topological polar surface area (TPSA) is 71.3 Å². The Labute approximate surface area is 136 Å².